The van der Waals surface area contributed by atoms with Gasteiger partial charge in [-0.15, -0.1) is 0 Å². The highest BCUT2D eigenvalue weighted by Gasteiger charge is 2.16. The summed E-state index contributed by atoms with van der Waals surface area (Å²) >= 11 is 14.1. The van der Waals surface area contributed by atoms with Crippen molar-refractivity contribution >= 4 is 52.0 Å². The van der Waals surface area contributed by atoms with Crippen molar-refractivity contribution in [3.05, 3.63) is 51.5 Å². The lowest BCUT2D eigenvalue weighted by molar-refractivity contribution is -0.137. The number of hydrogen-bond donors (Lipinski definition) is 1. The molecule has 0 aliphatic rings. The van der Waals surface area contributed by atoms with Crippen LogP contribution in [0.4, 0.5) is 0 Å². The van der Waals surface area contributed by atoms with E-state index in [4.69, 9.17) is 38.0 Å². The predicted molar refractivity (Wildman–Crippen MR) is 119 cm³/mol. The molecule has 0 atom stereocenters. The van der Waals surface area contributed by atoms with Crippen molar-refractivity contribution in [1.82, 2.24) is 9.55 Å². The quantitative estimate of drug-likeness (QED) is 0.315. The number of rotatable bonds is 9. The van der Waals surface area contributed by atoms with Gasteiger partial charge in [0.1, 0.15) is 5.75 Å². The van der Waals surface area contributed by atoms with E-state index in [2.05, 4.69) is 11.5 Å². The minimum Gasteiger partial charge on any atom is -0.493 e. The fraction of sp³-hybridized carbons (Fsp3) is 0.333. The van der Waals surface area contributed by atoms with Crippen LogP contribution in [0.5, 0.6) is 5.75 Å². The Kier molecular flexibility index (Phi) is 7.33. The topological polar surface area (TPSA) is 64.3 Å². The van der Waals surface area contributed by atoms with E-state index in [9.17, 15) is 4.79 Å². The molecule has 0 aliphatic carbocycles. The van der Waals surface area contributed by atoms with Gasteiger partial charge in [0.2, 0.25) is 0 Å². The van der Waals surface area contributed by atoms with Gasteiger partial charge in [-0.2, -0.15) is 0 Å². The van der Waals surface area contributed by atoms with Crippen LogP contribution in [0.25, 0.3) is 11.0 Å². The fourth-order valence-corrected chi connectivity index (χ4v) is 4.25. The first kappa shape index (κ1) is 21.8. The molecule has 3 rings (SSSR count). The monoisotopic (exact) mass is 452 g/mol. The van der Waals surface area contributed by atoms with Crippen molar-refractivity contribution in [1.29, 1.82) is 0 Å². The molecule has 1 N–H and O–H groups in total. The number of imidazole rings is 1. The van der Waals surface area contributed by atoms with Crippen LogP contribution < -0.4 is 4.74 Å². The largest absolute Gasteiger partial charge is 0.493 e. The molecule has 0 saturated carbocycles. The molecule has 1 heterocycles. The van der Waals surface area contributed by atoms with Gasteiger partial charge in [-0.05, 0) is 48.4 Å². The number of ether oxygens (including phenoxy) is 1. The van der Waals surface area contributed by atoms with Crippen LogP contribution in [-0.4, -0.2) is 33.0 Å². The summed E-state index contributed by atoms with van der Waals surface area (Å²) in [6.07, 6.45) is 0.550. The first-order valence-corrected chi connectivity index (χ1v) is 11.1. The molecule has 2 aromatic carbocycles. The number of carboxylic acids is 1. The first-order valence-electron chi connectivity index (χ1n) is 9.31. The summed E-state index contributed by atoms with van der Waals surface area (Å²) in [5.41, 5.74) is 3.84. The molecular formula is C21H22Cl2N2O3S. The second-order valence-corrected chi connectivity index (χ2v) is 8.68. The van der Waals surface area contributed by atoms with Crippen LogP contribution in [-0.2, 0) is 11.3 Å². The number of carbonyl (C=O) groups is 1. The maximum Gasteiger partial charge on any atom is 0.303 e. The number of nitrogens with zero attached hydrogens (tertiary/aromatic N) is 2. The predicted octanol–water partition coefficient (Wildman–Crippen LogP) is 6.06. The maximum absolute atomic E-state index is 10.7. The molecule has 5 nitrogen and oxygen atoms in total. The van der Waals surface area contributed by atoms with Crippen LogP contribution in [0.15, 0.2) is 35.5 Å². The molecule has 3 aromatic rings. The van der Waals surface area contributed by atoms with E-state index < -0.39 is 5.97 Å². The van der Waals surface area contributed by atoms with E-state index in [-0.39, 0.29) is 6.42 Å². The van der Waals surface area contributed by atoms with Crippen LogP contribution in [0.1, 0.15) is 30.9 Å². The number of carboxylic acid groups (broad SMARTS) is 1. The molecule has 0 aliphatic heterocycles. The molecule has 0 bridgehead atoms. The Hall–Kier alpha value is -1.89. The summed E-state index contributed by atoms with van der Waals surface area (Å²) in [4.78, 5) is 15.5. The number of hydrogen-bond acceptors (Lipinski definition) is 4. The highest BCUT2D eigenvalue weighted by molar-refractivity contribution is 7.99. The smallest absolute Gasteiger partial charge is 0.303 e. The maximum atomic E-state index is 10.7. The van der Waals surface area contributed by atoms with Gasteiger partial charge in [0.05, 0.1) is 24.2 Å². The minimum absolute atomic E-state index is 0.0888. The van der Waals surface area contributed by atoms with Gasteiger partial charge in [0.15, 0.2) is 5.16 Å². The Morgan fingerprint density at radius 1 is 1.28 bits per heavy atom. The molecule has 0 spiro atoms. The lowest BCUT2D eigenvalue weighted by Gasteiger charge is -2.12. The average molecular weight is 453 g/mol. The summed E-state index contributed by atoms with van der Waals surface area (Å²) in [7, 11) is 0. The molecule has 0 radical (unpaired) electrons. The summed E-state index contributed by atoms with van der Waals surface area (Å²) in [5.74, 6) is 0.783. The molecule has 0 amide bonds. The van der Waals surface area contributed by atoms with Gasteiger partial charge in [-0.3, -0.25) is 4.79 Å². The normalized spacial score (nSPS) is 11.2. The summed E-state index contributed by atoms with van der Waals surface area (Å²) < 4.78 is 7.94. The average Bonchev–Trinajstić information content (AvgIpc) is 2.99. The SMILES string of the molecule is CCSc1nc2c(C)cc(OCCCC(=O)O)cc2n1Cc1ccc(Cl)cc1Cl. The van der Waals surface area contributed by atoms with Gasteiger partial charge in [-0.25, -0.2) is 4.98 Å². The second kappa shape index (κ2) is 9.74. The number of aromatic nitrogens is 2. The summed E-state index contributed by atoms with van der Waals surface area (Å²) in [6.45, 7) is 5.01. The number of fused-ring (bicyclic) bond motifs is 1. The number of halogens is 2. The molecule has 1 aromatic heterocycles. The van der Waals surface area contributed by atoms with Crippen LogP contribution in [0, 0.1) is 6.92 Å². The van der Waals surface area contributed by atoms with E-state index in [0.717, 1.165) is 33.1 Å². The zero-order valence-corrected chi connectivity index (χ0v) is 18.6. The van der Waals surface area contributed by atoms with E-state index in [1.165, 1.54) is 0 Å². The van der Waals surface area contributed by atoms with E-state index in [1.807, 2.05) is 31.2 Å². The van der Waals surface area contributed by atoms with E-state index >= 15 is 0 Å². The lowest BCUT2D eigenvalue weighted by Crippen LogP contribution is -2.04. The van der Waals surface area contributed by atoms with Gasteiger partial charge in [-0.1, -0.05) is 48.0 Å². The molecule has 0 unspecified atom stereocenters. The third-order valence-electron chi connectivity index (χ3n) is 4.40. The van der Waals surface area contributed by atoms with Gasteiger partial charge >= 0.3 is 5.97 Å². The van der Waals surface area contributed by atoms with E-state index in [0.29, 0.717) is 35.4 Å². The summed E-state index contributed by atoms with van der Waals surface area (Å²) in [5, 5.41) is 10.9. The number of aryl methyl sites for hydroxylation is 1. The van der Waals surface area contributed by atoms with Gasteiger partial charge in [0.25, 0.3) is 0 Å². The number of benzene rings is 2. The van der Waals surface area contributed by atoms with Crippen molar-refractivity contribution in [2.45, 2.75) is 38.4 Å². The molecule has 29 heavy (non-hydrogen) atoms. The van der Waals surface area contributed by atoms with Crippen molar-refractivity contribution in [3.8, 4) is 5.75 Å². The molecule has 0 fully saturated rings. The highest BCUT2D eigenvalue weighted by atomic mass is 35.5. The van der Waals surface area contributed by atoms with Crippen molar-refractivity contribution in [2.24, 2.45) is 0 Å². The molecule has 8 heteroatoms. The third-order valence-corrected chi connectivity index (χ3v) is 5.85. The van der Waals surface area contributed by atoms with Gasteiger partial charge < -0.3 is 14.4 Å². The Bertz CT molecular complexity index is 1040. The Labute approximate surface area is 184 Å². The van der Waals surface area contributed by atoms with Crippen LogP contribution in [0.3, 0.4) is 0 Å². The van der Waals surface area contributed by atoms with Crippen LogP contribution >= 0.6 is 35.0 Å². The second-order valence-electron chi connectivity index (χ2n) is 6.60. The molecular weight excluding hydrogens is 431 g/mol. The number of aliphatic carboxylic acids is 1. The Morgan fingerprint density at radius 2 is 2.07 bits per heavy atom. The first-order chi connectivity index (χ1) is 13.9. The standard InChI is InChI=1S/C21H22Cl2N2O3S/c1-3-29-21-24-20-13(2)9-16(28-8-4-5-19(26)27)11-18(20)25(21)12-14-6-7-15(22)10-17(14)23/h6-7,9-11H,3-5,8,12H2,1-2H3,(H,26,27). The zero-order chi connectivity index (χ0) is 21.0. The van der Waals surface area contributed by atoms with Gasteiger partial charge in [0, 0.05) is 22.5 Å². The number of thioether (sulfide) groups is 1. The Morgan fingerprint density at radius 3 is 2.76 bits per heavy atom. The minimum atomic E-state index is -0.820. The Balaban J connectivity index is 1.96. The fourth-order valence-electron chi connectivity index (χ4n) is 3.05. The van der Waals surface area contributed by atoms with Crippen molar-refractivity contribution in [3.63, 3.8) is 0 Å². The molecule has 154 valence electrons. The summed E-state index contributed by atoms with van der Waals surface area (Å²) in [6, 6.07) is 9.40. The van der Waals surface area contributed by atoms with Crippen molar-refractivity contribution < 1.29 is 14.6 Å². The lowest BCUT2D eigenvalue weighted by atomic mass is 10.2. The zero-order valence-electron chi connectivity index (χ0n) is 16.2. The van der Waals surface area contributed by atoms with Crippen molar-refractivity contribution in [2.75, 3.05) is 12.4 Å². The van der Waals surface area contributed by atoms with Crippen LogP contribution in [0.2, 0.25) is 10.0 Å². The van der Waals surface area contributed by atoms with E-state index in [1.54, 1.807) is 17.8 Å². The highest BCUT2D eigenvalue weighted by Crippen LogP contribution is 2.32. The molecule has 0 saturated heterocycles. The third kappa shape index (κ3) is 5.38.